The maximum atomic E-state index is 5.73. The molecule has 1 nitrogen and oxygen atoms in total. The summed E-state index contributed by atoms with van der Waals surface area (Å²) in [6.07, 6.45) is 9.02. The third-order valence-electron chi connectivity index (χ3n) is 1.65. The fraction of sp³-hybridized carbons (Fsp3) is 0.333. The molecule has 0 unspecified atom stereocenters. The predicted octanol–water partition coefficient (Wildman–Crippen LogP) is 2.51. The molecule has 0 fully saturated rings. The van der Waals surface area contributed by atoms with E-state index in [1.54, 1.807) is 0 Å². The molecule has 0 saturated carbocycles. The minimum absolute atomic E-state index is 0.560. The van der Waals surface area contributed by atoms with Crippen LogP contribution in [-0.2, 0) is 0 Å². The number of alkyl halides is 1. The molecular formula is C9H12ClN. The van der Waals surface area contributed by atoms with Crippen LogP contribution in [-0.4, -0.2) is 17.4 Å². The van der Waals surface area contributed by atoms with Gasteiger partial charge in [0.25, 0.3) is 0 Å². The molecule has 0 aromatic rings. The number of hydrogen-bond acceptors (Lipinski definition) is 1. The summed E-state index contributed by atoms with van der Waals surface area (Å²) in [7, 11) is 0. The molecule has 11 heavy (non-hydrogen) atoms. The van der Waals surface area contributed by atoms with Gasteiger partial charge in [-0.05, 0) is 6.08 Å². The SMILES string of the molecule is C=CCC1=CC=CCN1CCl. The lowest BCUT2D eigenvalue weighted by molar-refractivity contribution is 0.429. The Balaban J connectivity index is 2.61. The van der Waals surface area contributed by atoms with E-state index in [1.165, 1.54) is 5.70 Å². The van der Waals surface area contributed by atoms with E-state index in [1.807, 2.05) is 6.08 Å². The average Bonchev–Trinajstić information content (AvgIpc) is 2.06. The number of hydrogen-bond donors (Lipinski definition) is 0. The van der Waals surface area contributed by atoms with Gasteiger partial charge in [0.1, 0.15) is 0 Å². The lowest BCUT2D eigenvalue weighted by Gasteiger charge is -2.24. The molecule has 0 aliphatic carbocycles. The monoisotopic (exact) mass is 169 g/mol. The van der Waals surface area contributed by atoms with Crippen LogP contribution in [0.5, 0.6) is 0 Å². The molecule has 0 amide bonds. The number of rotatable bonds is 3. The maximum Gasteiger partial charge on any atom is 0.0929 e. The Morgan fingerprint density at radius 3 is 3.18 bits per heavy atom. The fourth-order valence-electron chi connectivity index (χ4n) is 1.06. The summed E-state index contributed by atoms with van der Waals surface area (Å²) in [5.41, 5.74) is 1.25. The van der Waals surface area contributed by atoms with Crippen LogP contribution in [0.1, 0.15) is 6.42 Å². The highest BCUT2D eigenvalue weighted by molar-refractivity contribution is 6.17. The van der Waals surface area contributed by atoms with Crippen molar-refractivity contribution < 1.29 is 0 Å². The summed E-state index contributed by atoms with van der Waals surface area (Å²) in [6, 6.07) is 0.560. The second kappa shape index (κ2) is 4.24. The summed E-state index contributed by atoms with van der Waals surface area (Å²) in [5, 5.41) is 0. The molecular weight excluding hydrogens is 158 g/mol. The normalized spacial score (nSPS) is 16.5. The zero-order valence-electron chi connectivity index (χ0n) is 6.46. The van der Waals surface area contributed by atoms with Crippen LogP contribution in [0.3, 0.4) is 0 Å². The molecule has 1 aliphatic rings. The molecule has 0 radical (unpaired) electrons. The highest BCUT2D eigenvalue weighted by Crippen LogP contribution is 2.14. The third-order valence-corrected chi connectivity index (χ3v) is 1.94. The van der Waals surface area contributed by atoms with Crippen molar-refractivity contribution in [3.63, 3.8) is 0 Å². The molecule has 1 rings (SSSR count). The van der Waals surface area contributed by atoms with E-state index in [-0.39, 0.29) is 0 Å². The van der Waals surface area contributed by atoms with Gasteiger partial charge in [0.2, 0.25) is 0 Å². The minimum atomic E-state index is 0.560. The highest BCUT2D eigenvalue weighted by Gasteiger charge is 2.06. The molecule has 0 saturated heterocycles. The van der Waals surface area contributed by atoms with E-state index in [0.717, 1.165) is 13.0 Å². The fourth-order valence-corrected chi connectivity index (χ4v) is 1.31. The summed E-state index contributed by atoms with van der Waals surface area (Å²) < 4.78 is 0. The maximum absolute atomic E-state index is 5.73. The smallest absolute Gasteiger partial charge is 0.0929 e. The Bertz CT molecular complexity index is 194. The van der Waals surface area contributed by atoms with Gasteiger partial charge in [-0.1, -0.05) is 18.2 Å². The van der Waals surface area contributed by atoms with Crippen molar-refractivity contribution >= 4 is 11.6 Å². The zero-order valence-corrected chi connectivity index (χ0v) is 7.22. The van der Waals surface area contributed by atoms with Crippen molar-refractivity contribution in [1.82, 2.24) is 4.90 Å². The first-order chi connectivity index (χ1) is 5.38. The molecule has 0 N–H and O–H groups in total. The van der Waals surface area contributed by atoms with Gasteiger partial charge in [-0.2, -0.15) is 0 Å². The van der Waals surface area contributed by atoms with Gasteiger partial charge in [0.05, 0.1) is 6.00 Å². The third kappa shape index (κ3) is 2.12. The number of halogens is 1. The van der Waals surface area contributed by atoms with Gasteiger partial charge in [-0.25, -0.2) is 0 Å². The standard InChI is InChI=1S/C9H12ClN/c1-2-5-9-6-3-4-7-11(9)8-10/h2-4,6H,1,5,7-8H2. The van der Waals surface area contributed by atoms with Crippen LogP contribution in [0.15, 0.2) is 36.6 Å². The van der Waals surface area contributed by atoms with Crippen molar-refractivity contribution in [2.24, 2.45) is 0 Å². The Kier molecular flexibility index (Phi) is 3.24. The van der Waals surface area contributed by atoms with Crippen LogP contribution >= 0.6 is 11.6 Å². The van der Waals surface area contributed by atoms with Gasteiger partial charge >= 0.3 is 0 Å². The molecule has 60 valence electrons. The first-order valence-corrected chi connectivity index (χ1v) is 4.19. The van der Waals surface area contributed by atoms with Crippen LogP contribution in [0.2, 0.25) is 0 Å². The van der Waals surface area contributed by atoms with E-state index < -0.39 is 0 Å². The summed E-state index contributed by atoms with van der Waals surface area (Å²) in [5.74, 6) is 0. The second-order valence-electron chi connectivity index (χ2n) is 2.42. The van der Waals surface area contributed by atoms with Crippen LogP contribution < -0.4 is 0 Å². The largest absolute Gasteiger partial charge is 0.357 e. The first kappa shape index (κ1) is 8.41. The highest BCUT2D eigenvalue weighted by atomic mass is 35.5. The predicted molar refractivity (Wildman–Crippen MR) is 49.5 cm³/mol. The molecule has 1 aliphatic heterocycles. The van der Waals surface area contributed by atoms with Crippen LogP contribution in [0.25, 0.3) is 0 Å². The molecule has 1 heterocycles. The van der Waals surface area contributed by atoms with E-state index in [4.69, 9.17) is 11.6 Å². The van der Waals surface area contributed by atoms with Gasteiger partial charge in [0, 0.05) is 18.7 Å². The summed E-state index contributed by atoms with van der Waals surface area (Å²) in [4.78, 5) is 2.11. The Morgan fingerprint density at radius 1 is 1.73 bits per heavy atom. The minimum Gasteiger partial charge on any atom is -0.357 e. The Morgan fingerprint density at radius 2 is 2.55 bits per heavy atom. The van der Waals surface area contributed by atoms with E-state index >= 15 is 0 Å². The van der Waals surface area contributed by atoms with Crippen molar-refractivity contribution in [3.05, 3.63) is 36.6 Å². The number of nitrogens with zero attached hydrogens (tertiary/aromatic N) is 1. The van der Waals surface area contributed by atoms with Gasteiger partial charge in [0.15, 0.2) is 0 Å². The van der Waals surface area contributed by atoms with E-state index in [9.17, 15) is 0 Å². The Labute approximate surface area is 72.6 Å². The molecule has 0 bridgehead atoms. The summed E-state index contributed by atoms with van der Waals surface area (Å²) in [6.45, 7) is 4.61. The zero-order chi connectivity index (χ0) is 8.10. The molecule has 0 atom stereocenters. The molecule has 0 spiro atoms. The van der Waals surface area contributed by atoms with Crippen molar-refractivity contribution in [2.45, 2.75) is 6.42 Å². The lowest BCUT2D eigenvalue weighted by Crippen LogP contribution is -2.23. The number of allylic oxidation sites excluding steroid dienone is 3. The van der Waals surface area contributed by atoms with Crippen LogP contribution in [0, 0.1) is 0 Å². The van der Waals surface area contributed by atoms with Gasteiger partial charge in [-0.15, -0.1) is 18.2 Å². The van der Waals surface area contributed by atoms with E-state index in [2.05, 4.69) is 29.7 Å². The Hall–Kier alpha value is -0.690. The molecule has 0 aromatic carbocycles. The average molecular weight is 170 g/mol. The second-order valence-corrected chi connectivity index (χ2v) is 2.66. The van der Waals surface area contributed by atoms with Crippen LogP contribution in [0.4, 0.5) is 0 Å². The summed E-state index contributed by atoms with van der Waals surface area (Å²) >= 11 is 5.73. The quantitative estimate of drug-likeness (QED) is 0.357. The van der Waals surface area contributed by atoms with Crippen molar-refractivity contribution in [2.75, 3.05) is 12.5 Å². The van der Waals surface area contributed by atoms with Crippen molar-refractivity contribution in [3.8, 4) is 0 Å². The first-order valence-electron chi connectivity index (χ1n) is 3.66. The van der Waals surface area contributed by atoms with E-state index in [0.29, 0.717) is 6.00 Å². The lowest BCUT2D eigenvalue weighted by atomic mass is 10.2. The molecule has 2 heteroatoms. The van der Waals surface area contributed by atoms with Gasteiger partial charge < -0.3 is 4.90 Å². The topological polar surface area (TPSA) is 3.24 Å². The van der Waals surface area contributed by atoms with Crippen molar-refractivity contribution in [1.29, 1.82) is 0 Å². The molecule has 0 aromatic heterocycles. The van der Waals surface area contributed by atoms with Gasteiger partial charge in [-0.3, -0.25) is 0 Å².